The van der Waals surface area contributed by atoms with E-state index in [-0.39, 0.29) is 0 Å². The minimum atomic E-state index is 0.706. The third-order valence-electron chi connectivity index (χ3n) is 5.02. The highest BCUT2D eigenvalue weighted by Gasteiger charge is 2.28. The Labute approximate surface area is 156 Å². The number of nitrogens with one attached hydrogen (secondary N) is 1. The molecule has 1 saturated carbocycles. The molecule has 0 unspecified atom stereocenters. The molecule has 0 spiro atoms. The first-order valence-corrected chi connectivity index (χ1v) is 10.6. The molecule has 0 atom stereocenters. The number of anilines is 2. The molecule has 5 nitrogen and oxygen atoms in total. The zero-order chi connectivity index (χ0) is 16.4. The van der Waals surface area contributed by atoms with Crippen molar-refractivity contribution in [2.24, 2.45) is 0 Å². The fraction of sp³-hybridized carbons (Fsp3) is 0.706. The number of ether oxygens (including phenoxy) is 1. The van der Waals surface area contributed by atoms with Gasteiger partial charge in [0.2, 0.25) is 0 Å². The van der Waals surface area contributed by atoms with E-state index < -0.39 is 0 Å². The Morgan fingerprint density at radius 1 is 1.12 bits per heavy atom. The maximum absolute atomic E-state index is 5.48. The molecule has 1 aliphatic carbocycles. The largest absolute Gasteiger partial charge is 0.379 e. The van der Waals surface area contributed by atoms with Crippen LogP contribution in [0, 0.1) is 0 Å². The normalized spacial score (nSPS) is 23.5. The van der Waals surface area contributed by atoms with Gasteiger partial charge in [-0.2, -0.15) is 0 Å². The first-order chi connectivity index (χ1) is 11.8. The second-order valence-electron chi connectivity index (χ2n) is 6.81. The van der Waals surface area contributed by atoms with Gasteiger partial charge in [-0.15, -0.1) is 0 Å². The van der Waals surface area contributed by atoms with E-state index >= 15 is 0 Å². The summed E-state index contributed by atoms with van der Waals surface area (Å²) in [5.74, 6) is 1.10. The topological polar surface area (TPSA) is 40.6 Å². The molecule has 0 aromatic carbocycles. The molecule has 24 heavy (non-hydrogen) atoms. The molecule has 7 heteroatoms. The van der Waals surface area contributed by atoms with E-state index in [1.54, 1.807) is 0 Å². The average Bonchev–Trinajstić information content (AvgIpc) is 3.46. The predicted octanol–water partition coefficient (Wildman–Crippen LogP) is 3.37. The Hall–Kier alpha value is -0.500. The molecule has 0 bridgehead atoms. The van der Waals surface area contributed by atoms with Crippen molar-refractivity contribution in [3.8, 4) is 0 Å². The van der Waals surface area contributed by atoms with E-state index in [0.717, 1.165) is 60.6 Å². The zero-order valence-corrected chi connectivity index (χ0v) is 16.3. The van der Waals surface area contributed by atoms with Crippen LogP contribution >= 0.6 is 27.9 Å². The summed E-state index contributed by atoms with van der Waals surface area (Å²) in [5, 5.41) is 0.781. The highest BCUT2D eigenvalue weighted by molar-refractivity contribution is 9.10. The number of hydrogen-bond donors (Lipinski definition) is 1. The van der Waals surface area contributed by atoms with Crippen LogP contribution in [0.1, 0.15) is 25.7 Å². The molecular formula is C17H25BrN4OS. The number of piperidine rings is 1. The van der Waals surface area contributed by atoms with Gasteiger partial charge in [0, 0.05) is 48.1 Å². The van der Waals surface area contributed by atoms with Gasteiger partial charge in [-0.1, -0.05) is 0 Å². The lowest BCUT2D eigenvalue weighted by atomic mass is 10.0. The highest BCUT2D eigenvalue weighted by atomic mass is 79.9. The number of hydrogen-bond acceptors (Lipinski definition) is 6. The van der Waals surface area contributed by atoms with Crippen LogP contribution in [0.4, 0.5) is 11.5 Å². The molecule has 3 heterocycles. The molecule has 1 aromatic rings. The van der Waals surface area contributed by atoms with Crippen molar-refractivity contribution in [3.05, 3.63) is 16.7 Å². The zero-order valence-electron chi connectivity index (χ0n) is 13.9. The van der Waals surface area contributed by atoms with E-state index in [1.165, 1.54) is 25.7 Å². The van der Waals surface area contributed by atoms with E-state index in [2.05, 4.69) is 36.5 Å². The van der Waals surface area contributed by atoms with Gasteiger partial charge in [-0.3, -0.25) is 4.90 Å². The standard InChI is InChI=1S/C17H25BrN4OS/c18-13-11-16(20-24-15-1-2-15)17(19-12-13)22-5-3-14(4-6-22)21-7-9-23-10-8-21/h11-12,14-15,20H,1-10H2. The van der Waals surface area contributed by atoms with E-state index in [1.807, 2.05) is 18.1 Å². The van der Waals surface area contributed by atoms with Gasteiger partial charge in [-0.05, 0) is 59.6 Å². The van der Waals surface area contributed by atoms with Crippen molar-refractivity contribution in [3.63, 3.8) is 0 Å². The Morgan fingerprint density at radius 3 is 2.58 bits per heavy atom. The molecule has 0 radical (unpaired) electrons. The second kappa shape index (κ2) is 7.81. The van der Waals surface area contributed by atoms with Crippen LogP contribution in [0.2, 0.25) is 0 Å². The highest BCUT2D eigenvalue weighted by Crippen LogP contribution is 2.37. The molecule has 132 valence electrons. The van der Waals surface area contributed by atoms with Crippen LogP contribution in [0.25, 0.3) is 0 Å². The van der Waals surface area contributed by atoms with Crippen molar-refractivity contribution in [1.29, 1.82) is 0 Å². The summed E-state index contributed by atoms with van der Waals surface area (Å²) in [7, 11) is 0. The van der Waals surface area contributed by atoms with Crippen LogP contribution in [0.15, 0.2) is 16.7 Å². The number of morpholine rings is 1. The second-order valence-corrected chi connectivity index (χ2v) is 8.83. The van der Waals surface area contributed by atoms with Crippen LogP contribution in [-0.2, 0) is 4.74 Å². The van der Waals surface area contributed by atoms with Crippen molar-refractivity contribution in [1.82, 2.24) is 9.88 Å². The lowest BCUT2D eigenvalue weighted by molar-refractivity contribution is 0.0115. The van der Waals surface area contributed by atoms with E-state index in [9.17, 15) is 0 Å². The van der Waals surface area contributed by atoms with Crippen LogP contribution < -0.4 is 9.62 Å². The van der Waals surface area contributed by atoms with Gasteiger partial charge in [0.15, 0.2) is 5.82 Å². The molecule has 3 aliphatic rings. The first-order valence-electron chi connectivity index (χ1n) is 8.93. The minimum Gasteiger partial charge on any atom is -0.379 e. The molecule has 3 fully saturated rings. The summed E-state index contributed by atoms with van der Waals surface area (Å²) >= 11 is 5.40. The average molecular weight is 413 g/mol. The van der Waals surface area contributed by atoms with E-state index in [4.69, 9.17) is 9.72 Å². The number of rotatable bonds is 5. The Morgan fingerprint density at radius 2 is 1.88 bits per heavy atom. The first kappa shape index (κ1) is 16.9. The van der Waals surface area contributed by atoms with Crippen LogP contribution in [-0.4, -0.2) is 60.6 Å². The summed E-state index contributed by atoms with van der Waals surface area (Å²) in [6, 6.07) is 2.86. The minimum absolute atomic E-state index is 0.706. The summed E-state index contributed by atoms with van der Waals surface area (Å²) in [5.41, 5.74) is 1.14. The Kier molecular flexibility index (Phi) is 5.51. The van der Waals surface area contributed by atoms with E-state index in [0.29, 0.717) is 6.04 Å². The number of halogens is 1. The lowest BCUT2D eigenvalue weighted by Gasteiger charge is -2.40. The molecule has 2 aliphatic heterocycles. The van der Waals surface area contributed by atoms with Gasteiger partial charge in [0.05, 0.1) is 18.9 Å². The predicted molar refractivity (Wildman–Crippen MR) is 104 cm³/mol. The van der Waals surface area contributed by atoms with Gasteiger partial charge in [0.25, 0.3) is 0 Å². The summed E-state index contributed by atoms with van der Waals surface area (Å²) in [4.78, 5) is 9.76. The molecule has 1 aromatic heterocycles. The summed E-state index contributed by atoms with van der Waals surface area (Å²) in [6.07, 6.45) is 7.01. The van der Waals surface area contributed by atoms with Crippen molar-refractivity contribution in [2.75, 3.05) is 49.0 Å². The van der Waals surface area contributed by atoms with Gasteiger partial charge in [0.1, 0.15) is 0 Å². The SMILES string of the molecule is Brc1cnc(N2CCC(N3CCOCC3)CC2)c(NSC2CC2)c1. The number of aromatic nitrogens is 1. The Bertz CT molecular complexity index is 558. The summed E-state index contributed by atoms with van der Waals surface area (Å²) in [6.45, 7) is 6.12. The number of pyridine rings is 1. The van der Waals surface area contributed by atoms with Gasteiger partial charge >= 0.3 is 0 Å². The third-order valence-corrected chi connectivity index (χ3v) is 6.60. The van der Waals surface area contributed by atoms with Crippen molar-refractivity contribution < 1.29 is 4.74 Å². The fourth-order valence-electron chi connectivity index (χ4n) is 3.48. The van der Waals surface area contributed by atoms with Crippen LogP contribution in [0.3, 0.4) is 0 Å². The molecule has 2 saturated heterocycles. The smallest absolute Gasteiger partial charge is 0.152 e. The maximum Gasteiger partial charge on any atom is 0.152 e. The molecule has 0 amide bonds. The van der Waals surface area contributed by atoms with Gasteiger partial charge < -0.3 is 14.4 Å². The molecule has 1 N–H and O–H groups in total. The van der Waals surface area contributed by atoms with Crippen molar-refractivity contribution in [2.45, 2.75) is 37.0 Å². The Balaban J connectivity index is 1.39. The van der Waals surface area contributed by atoms with Gasteiger partial charge in [-0.25, -0.2) is 4.98 Å². The van der Waals surface area contributed by atoms with Crippen molar-refractivity contribution >= 4 is 39.4 Å². The lowest BCUT2D eigenvalue weighted by Crippen LogP contribution is -2.49. The van der Waals surface area contributed by atoms with Crippen LogP contribution in [0.5, 0.6) is 0 Å². The monoisotopic (exact) mass is 412 g/mol. The fourth-order valence-corrected chi connectivity index (χ4v) is 4.62. The quantitative estimate of drug-likeness (QED) is 0.747. The maximum atomic E-state index is 5.48. The molecular weight excluding hydrogens is 388 g/mol. The molecule has 4 rings (SSSR count). The third kappa shape index (κ3) is 4.18. The summed E-state index contributed by atoms with van der Waals surface area (Å²) < 4.78 is 10.1. The number of nitrogens with zero attached hydrogens (tertiary/aromatic N) is 3.